The van der Waals surface area contributed by atoms with E-state index >= 15 is 0 Å². The van der Waals surface area contributed by atoms with Gasteiger partial charge in [0, 0.05) is 30.2 Å². The Hall–Kier alpha value is -2.43. The average molecular weight is 286 g/mol. The Bertz CT molecular complexity index is 704. The van der Waals surface area contributed by atoms with E-state index in [1.807, 2.05) is 43.7 Å². The van der Waals surface area contributed by atoms with Crippen molar-refractivity contribution in [2.24, 2.45) is 7.05 Å². The van der Waals surface area contributed by atoms with Gasteiger partial charge in [-0.1, -0.05) is 0 Å². The van der Waals surface area contributed by atoms with Crippen molar-refractivity contribution < 1.29 is 14.3 Å². The van der Waals surface area contributed by atoms with Crippen molar-refractivity contribution in [3.05, 3.63) is 41.2 Å². The van der Waals surface area contributed by atoms with Crippen LogP contribution in [0.5, 0.6) is 11.5 Å². The number of fused-ring (bicyclic) bond motifs is 1. The first-order valence-corrected chi connectivity index (χ1v) is 6.90. The minimum absolute atomic E-state index is 0.118. The van der Waals surface area contributed by atoms with Crippen LogP contribution in [0.4, 0.5) is 5.69 Å². The molecular formula is C16H18N2O3. The summed E-state index contributed by atoms with van der Waals surface area (Å²) in [4.78, 5) is 12.4. The number of carbonyl (C=O) groups excluding carboxylic acids is 1. The molecule has 1 aromatic carbocycles. The van der Waals surface area contributed by atoms with E-state index in [9.17, 15) is 4.79 Å². The number of ether oxygens (including phenoxy) is 2. The van der Waals surface area contributed by atoms with Crippen molar-refractivity contribution >= 4 is 11.6 Å². The van der Waals surface area contributed by atoms with Crippen molar-refractivity contribution in [1.82, 2.24) is 4.57 Å². The zero-order valence-electron chi connectivity index (χ0n) is 12.4. The third-order valence-electron chi connectivity index (χ3n) is 3.82. The number of hydrogen-bond donors (Lipinski definition) is 1. The third kappa shape index (κ3) is 2.46. The maximum atomic E-state index is 12.4. The normalized spacial score (nSPS) is 13.1. The molecule has 1 aliphatic heterocycles. The lowest BCUT2D eigenvalue weighted by atomic mass is 10.2. The lowest BCUT2D eigenvalue weighted by molar-refractivity contribution is 0.102. The van der Waals surface area contributed by atoms with E-state index in [0.717, 1.165) is 11.4 Å². The molecule has 5 nitrogen and oxygen atoms in total. The summed E-state index contributed by atoms with van der Waals surface area (Å²) in [6, 6.07) is 7.31. The second kappa shape index (κ2) is 5.16. The predicted molar refractivity (Wildman–Crippen MR) is 80.3 cm³/mol. The van der Waals surface area contributed by atoms with Gasteiger partial charge < -0.3 is 19.4 Å². The molecule has 2 aromatic rings. The average Bonchev–Trinajstić information content (AvgIpc) is 2.75. The highest BCUT2D eigenvalue weighted by atomic mass is 16.6. The molecule has 110 valence electrons. The van der Waals surface area contributed by atoms with Crippen molar-refractivity contribution in [3.8, 4) is 11.5 Å². The number of anilines is 1. The lowest BCUT2D eigenvalue weighted by Crippen LogP contribution is -2.16. The summed E-state index contributed by atoms with van der Waals surface area (Å²) in [5.41, 5.74) is 3.39. The number of aromatic nitrogens is 1. The molecule has 1 N–H and O–H groups in total. The van der Waals surface area contributed by atoms with E-state index in [-0.39, 0.29) is 5.91 Å². The molecule has 0 fully saturated rings. The molecule has 0 radical (unpaired) electrons. The Morgan fingerprint density at radius 3 is 2.52 bits per heavy atom. The first kappa shape index (κ1) is 13.5. The maximum Gasteiger partial charge on any atom is 0.257 e. The van der Waals surface area contributed by atoms with Gasteiger partial charge >= 0.3 is 0 Å². The van der Waals surface area contributed by atoms with Crippen molar-refractivity contribution in [2.45, 2.75) is 13.8 Å². The molecule has 0 atom stereocenters. The first-order chi connectivity index (χ1) is 10.1. The number of carbonyl (C=O) groups is 1. The fraction of sp³-hybridized carbons (Fsp3) is 0.312. The van der Waals surface area contributed by atoms with Gasteiger partial charge in [-0.15, -0.1) is 0 Å². The van der Waals surface area contributed by atoms with Crippen LogP contribution < -0.4 is 14.8 Å². The van der Waals surface area contributed by atoms with E-state index in [1.54, 1.807) is 6.07 Å². The molecule has 0 spiro atoms. The van der Waals surface area contributed by atoms with Crippen LogP contribution in [-0.2, 0) is 7.05 Å². The van der Waals surface area contributed by atoms with Gasteiger partial charge in [0.25, 0.3) is 5.91 Å². The second-order valence-corrected chi connectivity index (χ2v) is 5.16. The molecule has 2 heterocycles. The van der Waals surface area contributed by atoms with Crippen LogP contribution in [0.25, 0.3) is 0 Å². The molecule has 0 saturated carbocycles. The zero-order chi connectivity index (χ0) is 15.0. The van der Waals surface area contributed by atoms with E-state index in [4.69, 9.17) is 9.47 Å². The summed E-state index contributed by atoms with van der Waals surface area (Å²) in [6.07, 6.45) is 0. The number of benzene rings is 1. The van der Waals surface area contributed by atoms with Gasteiger partial charge in [0.2, 0.25) is 0 Å². The summed E-state index contributed by atoms with van der Waals surface area (Å²) in [5, 5.41) is 2.90. The fourth-order valence-electron chi connectivity index (χ4n) is 2.40. The second-order valence-electron chi connectivity index (χ2n) is 5.16. The summed E-state index contributed by atoms with van der Waals surface area (Å²) in [5.74, 6) is 1.26. The first-order valence-electron chi connectivity index (χ1n) is 6.90. The molecule has 1 aromatic heterocycles. The standard InChI is InChI=1S/C16H18N2O3/c1-10-8-13(11(2)18(10)3)16(19)17-12-4-5-14-15(9-12)21-7-6-20-14/h4-5,8-9H,6-7H2,1-3H3,(H,17,19). The highest BCUT2D eigenvalue weighted by Crippen LogP contribution is 2.32. The maximum absolute atomic E-state index is 12.4. The van der Waals surface area contributed by atoms with Crippen LogP contribution in [0.2, 0.25) is 0 Å². The fourth-order valence-corrected chi connectivity index (χ4v) is 2.40. The minimum atomic E-state index is -0.118. The number of nitrogens with one attached hydrogen (secondary N) is 1. The molecule has 0 aliphatic carbocycles. The van der Waals surface area contributed by atoms with Gasteiger partial charge in [-0.3, -0.25) is 4.79 Å². The molecule has 21 heavy (non-hydrogen) atoms. The van der Waals surface area contributed by atoms with Gasteiger partial charge in [-0.2, -0.15) is 0 Å². The highest BCUT2D eigenvalue weighted by molar-refractivity contribution is 6.05. The molecule has 1 aliphatic rings. The number of nitrogens with zero attached hydrogens (tertiary/aromatic N) is 1. The molecule has 1 amide bonds. The molecule has 0 saturated heterocycles. The van der Waals surface area contributed by atoms with Gasteiger partial charge in [-0.05, 0) is 32.0 Å². The predicted octanol–water partition coefficient (Wildman–Crippen LogP) is 2.67. The van der Waals surface area contributed by atoms with Crippen LogP contribution >= 0.6 is 0 Å². The number of amides is 1. The molecule has 3 rings (SSSR count). The van der Waals surface area contributed by atoms with Gasteiger partial charge in [-0.25, -0.2) is 0 Å². The van der Waals surface area contributed by atoms with Gasteiger partial charge in [0.15, 0.2) is 11.5 Å². The molecule has 0 unspecified atom stereocenters. The Kier molecular flexibility index (Phi) is 3.33. The summed E-state index contributed by atoms with van der Waals surface area (Å²) in [6.45, 7) is 5.00. The smallest absolute Gasteiger partial charge is 0.257 e. The number of aryl methyl sites for hydroxylation is 1. The third-order valence-corrected chi connectivity index (χ3v) is 3.82. The van der Waals surface area contributed by atoms with E-state index in [2.05, 4.69) is 5.32 Å². The minimum Gasteiger partial charge on any atom is -0.486 e. The summed E-state index contributed by atoms with van der Waals surface area (Å²) in [7, 11) is 1.95. The highest BCUT2D eigenvalue weighted by Gasteiger charge is 2.16. The van der Waals surface area contributed by atoms with Crippen LogP contribution in [0, 0.1) is 13.8 Å². The van der Waals surface area contributed by atoms with E-state index < -0.39 is 0 Å². The van der Waals surface area contributed by atoms with Crippen molar-refractivity contribution in [3.63, 3.8) is 0 Å². The Morgan fingerprint density at radius 2 is 1.86 bits per heavy atom. The lowest BCUT2D eigenvalue weighted by Gasteiger charge is -2.19. The molecule has 0 bridgehead atoms. The van der Waals surface area contributed by atoms with Crippen molar-refractivity contribution in [1.29, 1.82) is 0 Å². The van der Waals surface area contributed by atoms with Crippen LogP contribution in [-0.4, -0.2) is 23.7 Å². The summed E-state index contributed by atoms with van der Waals surface area (Å²) >= 11 is 0. The van der Waals surface area contributed by atoms with Crippen LogP contribution in [0.1, 0.15) is 21.7 Å². The molecular weight excluding hydrogens is 268 g/mol. The zero-order valence-corrected chi connectivity index (χ0v) is 12.4. The van der Waals surface area contributed by atoms with Gasteiger partial charge in [0.05, 0.1) is 5.56 Å². The number of hydrogen-bond acceptors (Lipinski definition) is 3. The largest absolute Gasteiger partial charge is 0.486 e. The van der Waals surface area contributed by atoms with Crippen molar-refractivity contribution in [2.75, 3.05) is 18.5 Å². The quantitative estimate of drug-likeness (QED) is 0.923. The monoisotopic (exact) mass is 286 g/mol. The van der Waals surface area contributed by atoms with Gasteiger partial charge in [0.1, 0.15) is 13.2 Å². The topological polar surface area (TPSA) is 52.5 Å². The Labute approximate surface area is 123 Å². The van der Waals surface area contributed by atoms with E-state index in [0.29, 0.717) is 36.0 Å². The van der Waals surface area contributed by atoms with Crippen LogP contribution in [0.15, 0.2) is 24.3 Å². The van der Waals surface area contributed by atoms with Crippen LogP contribution in [0.3, 0.4) is 0 Å². The number of rotatable bonds is 2. The summed E-state index contributed by atoms with van der Waals surface area (Å²) < 4.78 is 13.0. The Morgan fingerprint density at radius 1 is 1.14 bits per heavy atom. The Balaban J connectivity index is 1.83. The molecule has 5 heteroatoms. The SMILES string of the molecule is Cc1cc(C(=O)Nc2ccc3c(c2)OCCO3)c(C)n1C. The van der Waals surface area contributed by atoms with E-state index in [1.165, 1.54) is 0 Å².